The van der Waals surface area contributed by atoms with Gasteiger partial charge in [0, 0.05) is 49.0 Å². The number of pyridine rings is 1. The summed E-state index contributed by atoms with van der Waals surface area (Å²) in [6.07, 6.45) is 1.78. The largest absolute Gasteiger partial charge is 0.378 e. The van der Waals surface area contributed by atoms with Gasteiger partial charge in [0.2, 0.25) is 0 Å². The lowest BCUT2D eigenvalue weighted by Gasteiger charge is -2.12. The molecule has 4 nitrogen and oxygen atoms in total. The van der Waals surface area contributed by atoms with Crippen molar-refractivity contribution in [3.05, 3.63) is 70.5 Å². The van der Waals surface area contributed by atoms with Gasteiger partial charge in [0.15, 0.2) is 0 Å². The van der Waals surface area contributed by atoms with Gasteiger partial charge in [0.25, 0.3) is 5.91 Å². The second-order valence-corrected chi connectivity index (χ2v) is 6.47. The third-order valence-corrected chi connectivity index (χ3v) is 4.42. The quantitative estimate of drug-likeness (QED) is 0.770. The van der Waals surface area contributed by atoms with Crippen molar-refractivity contribution in [3.8, 4) is 11.3 Å². The van der Waals surface area contributed by atoms with E-state index in [2.05, 4.69) is 15.7 Å². The number of carbonyl (C=O) groups excluding carboxylic acids is 1. The molecule has 5 heteroatoms. The van der Waals surface area contributed by atoms with Gasteiger partial charge in [0.05, 0.1) is 5.69 Å². The highest BCUT2D eigenvalue weighted by molar-refractivity contribution is 7.08. The van der Waals surface area contributed by atoms with E-state index in [4.69, 9.17) is 0 Å². The molecule has 0 aliphatic rings. The maximum absolute atomic E-state index is 12.3. The highest BCUT2D eigenvalue weighted by Crippen LogP contribution is 2.20. The molecule has 1 amide bonds. The fourth-order valence-corrected chi connectivity index (χ4v) is 3.00. The first-order chi connectivity index (χ1) is 11.6. The van der Waals surface area contributed by atoms with E-state index in [1.54, 1.807) is 17.5 Å². The van der Waals surface area contributed by atoms with Gasteiger partial charge in [0.1, 0.15) is 0 Å². The second kappa shape index (κ2) is 7.27. The van der Waals surface area contributed by atoms with Gasteiger partial charge < -0.3 is 10.2 Å². The van der Waals surface area contributed by atoms with E-state index in [-0.39, 0.29) is 5.91 Å². The van der Waals surface area contributed by atoms with Crippen LogP contribution in [-0.4, -0.2) is 25.0 Å². The van der Waals surface area contributed by atoms with Crippen molar-refractivity contribution < 1.29 is 4.79 Å². The average Bonchev–Trinajstić information content (AvgIpc) is 3.15. The lowest BCUT2D eigenvalue weighted by Crippen LogP contribution is -2.22. The van der Waals surface area contributed by atoms with Gasteiger partial charge in [-0.05, 0) is 53.4 Å². The lowest BCUT2D eigenvalue weighted by molar-refractivity contribution is 0.0951. The molecule has 3 aromatic rings. The number of amides is 1. The molecule has 0 aliphatic carbocycles. The molecular weight excluding hydrogens is 318 g/mol. The van der Waals surface area contributed by atoms with Crippen LogP contribution in [0.5, 0.6) is 0 Å². The number of carbonyl (C=O) groups is 1. The molecule has 0 radical (unpaired) electrons. The second-order valence-electron chi connectivity index (χ2n) is 5.69. The highest BCUT2D eigenvalue weighted by atomic mass is 32.1. The third kappa shape index (κ3) is 3.81. The molecule has 0 saturated carbocycles. The maximum atomic E-state index is 12.3. The normalized spacial score (nSPS) is 10.4. The van der Waals surface area contributed by atoms with Crippen molar-refractivity contribution in [2.24, 2.45) is 0 Å². The van der Waals surface area contributed by atoms with Crippen molar-refractivity contribution in [1.82, 2.24) is 10.3 Å². The van der Waals surface area contributed by atoms with Crippen LogP contribution in [0.3, 0.4) is 0 Å². The van der Waals surface area contributed by atoms with E-state index in [1.807, 2.05) is 66.8 Å². The van der Waals surface area contributed by atoms with E-state index in [1.165, 1.54) is 0 Å². The van der Waals surface area contributed by atoms with Crippen molar-refractivity contribution >= 4 is 22.9 Å². The van der Waals surface area contributed by atoms with Gasteiger partial charge >= 0.3 is 0 Å². The van der Waals surface area contributed by atoms with Crippen LogP contribution in [0.2, 0.25) is 0 Å². The number of hydrogen-bond acceptors (Lipinski definition) is 4. The summed E-state index contributed by atoms with van der Waals surface area (Å²) >= 11 is 1.65. The summed E-state index contributed by atoms with van der Waals surface area (Å²) in [4.78, 5) is 18.7. The molecule has 24 heavy (non-hydrogen) atoms. The Bertz CT molecular complexity index is 811. The number of hydrogen-bond donors (Lipinski definition) is 1. The Morgan fingerprint density at radius 3 is 2.62 bits per heavy atom. The average molecular weight is 337 g/mol. The predicted octanol–water partition coefficient (Wildman–Crippen LogP) is 3.81. The number of anilines is 1. The smallest absolute Gasteiger partial charge is 0.251 e. The Morgan fingerprint density at radius 1 is 1.17 bits per heavy atom. The number of aromatic nitrogens is 1. The maximum Gasteiger partial charge on any atom is 0.251 e. The summed E-state index contributed by atoms with van der Waals surface area (Å²) in [7, 11) is 3.95. The number of rotatable bonds is 5. The minimum Gasteiger partial charge on any atom is -0.378 e. The zero-order chi connectivity index (χ0) is 16.9. The predicted molar refractivity (Wildman–Crippen MR) is 99.5 cm³/mol. The van der Waals surface area contributed by atoms with Crippen molar-refractivity contribution in [2.75, 3.05) is 19.0 Å². The zero-order valence-corrected chi connectivity index (χ0v) is 14.5. The Morgan fingerprint density at radius 2 is 1.96 bits per heavy atom. The lowest BCUT2D eigenvalue weighted by atomic mass is 10.1. The number of thiophene rings is 1. The number of nitrogens with one attached hydrogen (secondary N) is 1. The monoisotopic (exact) mass is 337 g/mol. The molecule has 0 atom stereocenters. The zero-order valence-electron chi connectivity index (χ0n) is 13.7. The highest BCUT2D eigenvalue weighted by Gasteiger charge is 2.07. The van der Waals surface area contributed by atoms with Gasteiger partial charge in [-0.1, -0.05) is 0 Å². The summed E-state index contributed by atoms with van der Waals surface area (Å²) in [5.74, 6) is -0.0748. The number of benzene rings is 1. The SMILES string of the molecule is CN(C)c1ccc(C(=O)NCc2ccnc(-c3ccsc3)c2)cc1. The third-order valence-electron chi connectivity index (χ3n) is 3.74. The van der Waals surface area contributed by atoms with Crippen LogP contribution in [0.4, 0.5) is 5.69 Å². The fourth-order valence-electron chi connectivity index (χ4n) is 2.35. The van der Waals surface area contributed by atoms with Gasteiger partial charge in [-0.2, -0.15) is 11.3 Å². The summed E-state index contributed by atoms with van der Waals surface area (Å²) in [6.45, 7) is 0.480. The standard InChI is InChI=1S/C19H19N3OS/c1-22(2)17-5-3-15(4-6-17)19(23)21-12-14-7-9-20-18(11-14)16-8-10-24-13-16/h3-11,13H,12H2,1-2H3,(H,21,23). The van der Waals surface area contributed by atoms with Gasteiger partial charge in [-0.15, -0.1) is 0 Å². The molecule has 2 aromatic heterocycles. The molecule has 0 bridgehead atoms. The van der Waals surface area contributed by atoms with Crippen LogP contribution in [0, 0.1) is 0 Å². The van der Waals surface area contributed by atoms with Crippen molar-refractivity contribution in [1.29, 1.82) is 0 Å². The van der Waals surface area contributed by atoms with Crippen LogP contribution in [-0.2, 0) is 6.54 Å². The van der Waals surface area contributed by atoms with E-state index < -0.39 is 0 Å². The van der Waals surface area contributed by atoms with Gasteiger partial charge in [-0.3, -0.25) is 9.78 Å². The Labute approximate surface area is 145 Å². The molecule has 0 unspecified atom stereocenters. The van der Waals surface area contributed by atoms with Crippen LogP contribution < -0.4 is 10.2 Å². The van der Waals surface area contributed by atoms with Crippen LogP contribution in [0.15, 0.2) is 59.4 Å². The Kier molecular flexibility index (Phi) is 4.91. The van der Waals surface area contributed by atoms with Crippen LogP contribution >= 0.6 is 11.3 Å². The molecule has 1 N–H and O–H groups in total. The first-order valence-corrected chi connectivity index (χ1v) is 8.61. The van der Waals surface area contributed by atoms with E-state index in [0.29, 0.717) is 12.1 Å². The van der Waals surface area contributed by atoms with Gasteiger partial charge in [-0.25, -0.2) is 0 Å². The molecule has 3 rings (SSSR count). The summed E-state index contributed by atoms with van der Waals surface area (Å²) in [5.41, 5.74) is 4.80. The molecule has 0 saturated heterocycles. The van der Waals surface area contributed by atoms with E-state index in [9.17, 15) is 4.79 Å². The van der Waals surface area contributed by atoms with Crippen LogP contribution in [0.25, 0.3) is 11.3 Å². The first-order valence-electron chi connectivity index (χ1n) is 7.66. The topological polar surface area (TPSA) is 45.2 Å². The number of nitrogens with zero attached hydrogens (tertiary/aromatic N) is 2. The minimum absolute atomic E-state index is 0.0748. The van der Waals surface area contributed by atoms with Crippen molar-refractivity contribution in [3.63, 3.8) is 0 Å². The Balaban J connectivity index is 1.65. The summed E-state index contributed by atoms with van der Waals surface area (Å²) < 4.78 is 0. The molecule has 2 heterocycles. The summed E-state index contributed by atoms with van der Waals surface area (Å²) in [5, 5.41) is 7.06. The van der Waals surface area contributed by atoms with E-state index in [0.717, 1.165) is 22.5 Å². The molecule has 1 aromatic carbocycles. The fraction of sp³-hybridized carbons (Fsp3) is 0.158. The molecule has 122 valence electrons. The first kappa shape index (κ1) is 16.2. The van der Waals surface area contributed by atoms with Crippen molar-refractivity contribution in [2.45, 2.75) is 6.54 Å². The molecule has 0 fully saturated rings. The molecule has 0 spiro atoms. The molecule has 0 aliphatic heterocycles. The van der Waals surface area contributed by atoms with Crippen LogP contribution in [0.1, 0.15) is 15.9 Å². The van der Waals surface area contributed by atoms with E-state index >= 15 is 0 Å². The summed E-state index contributed by atoms with van der Waals surface area (Å²) in [6, 6.07) is 13.5. The Hall–Kier alpha value is -2.66. The minimum atomic E-state index is -0.0748. The molecular formula is C19H19N3OS.